The molecule has 0 spiro atoms. The number of likely N-dealkylation sites (tertiary alicyclic amines) is 1. The van der Waals surface area contributed by atoms with Gasteiger partial charge >= 0.3 is 0 Å². The van der Waals surface area contributed by atoms with Crippen molar-refractivity contribution < 1.29 is 9.53 Å². The fraction of sp³-hybridized carbons (Fsp3) is 0.412. The van der Waals surface area contributed by atoms with Gasteiger partial charge in [-0.25, -0.2) is 4.68 Å². The van der Waals surface area contributed by atoms with Gasteiger partial charge < -0.3 is 15.0 Å². The summed E-state index contributed by atoms with van der Waals surface area (Å²) in [5.74, 6) is 0.637. The Morgan fingerprint density at radius 2 is 2.00 bits per heavy atom. The number of nitrogens with one attached hydrogen (secondary N) is 1. The Morgan fingerprint density at radius 1 is 1.29 bits per heavy atom. The van der Waals surface area contributed by atoms with Crippen molar-refractivity contribution in [2.75, 3.05) is 20.1 Å². The van der Waals surface area contributed by atoms with Gasteiger partial charge in [0.2, 0.25) is 0 Å². The standard InChI is InChI=1S/C17H21BrN4O2/c1-21-9-6-14(7-10-21)19-17(23)16-8-11-22(20-16)12-24-15-4-2-13(18)3-5-15/h2-5,8,11,14H,6-7,9-10,12H2,1H3,(H,19,23). The van der Waals surface area contributed by atoms with Gasteiger partial charge in [0.1, 0.15) is 11.4 Å². The van der Waals surface area contributed by atoms with Crippen LogP contribution in [0.3, 0.4) is 0 Å². The van der Waals surface area contributed by atoms with Crippen LogP contribution < -0.4 is 10.1 Å². The van der Waals surface area contributed by atoms with E-state index >= 15 is 0 Å². The van der Waals surface area contributed by atoms with Crippen LogP contribution in [0, 0.1) is 0 Å². The second-order valence-electron chi connectivity index (χ2n) is 6.02. The minimum atomic E-state index is -0.119. The molecule has 1 amide bonds. The SMILES string of the molecule is CN1CCC(NC(=O)c2ccn(COc3ccc(Br)cc3)n2)CC1. The maximum absolute atomic E-state index is 12.3. The molecule has 1 saturated heterocycles. The molecule has 128 valence electrons. The van der Waals surface area contributed by atoms with E-state index in [2.05, 4.69) is 38.3 Å². The first-order chi connectivity index (χ1) is 11.6. The lowest BCUT2D eigenvalue weighted by molar-refractivity contribution is 0.0909. The maximum atomic E-state index is 12.3. The molecule has 0 saturated carbocycles. The third-order valence-corrected chi connectivity index (χ3v) is 4.63. The van der Waals surface area contributed by atoms with Gasteiger partial charge in [-0.15, -0.1) is 0 Å². The summed E-state index contributed by atoms with van der Waals surface area (Å²) in [7, 11) is 2.10. The van der Waals surface area contributed by atoms with Gasteiger partial charge in [-0.2, -0.15) is 5.10 Å². The van der Waals surface area contributed by atoms with Crippen LogP contribution in [0.1, 0.15) is 23.3 Å². The molecule has 1 fully saturated rings. The van der Waals surface area contributed by atoms with Crippen LogP contribution in [0.4, 0.5) is 0 Å². The molecule has 1 aliphatic rings. The van der Waals surface area contributed by atoms with E-state index in [0.29, 0.717) is 5.69 Å². The average Bonchev–Trinajstić information content (AvgIpc) is 3.06. The number of amides is 1. The maximum Gasteiger partial charge on any atom is 0.271 e. The number of benzene rings is 1. The number of hydrogen-bond acceptors (Lipinski definition) is 4. The van der Waals surface area contributed by atoms with E-state index in [9.17, 15) is 4.79 Å². The van der Waals surface area contributed by atoms with E-state index in [0.717, 1.165) is 36.2 Å². The van der Waals surface area contributed by atoms with Crippen LogP contribution in [0.2, 0.25) is 0 Å². The molecule has 1 aromatic heterocycles. The highest BCUT2D eigenvalue weighted by Gasteiger charge is 2.20. The Morgan fingerprint density at radius 3 is 2.71 bits per heavy atom. The van der Waals surface area contributed by atoms with Crippen LogP contribution in [-0.2, 0) is 6.73 Å². The largest absolute Gasteiger partial charge is 0.471 e. The summed E-state index contributed by atoms with van der Waals surface area (Å²) >= 11 is 3.38. The number of ether oxygens (including phenoxy) is 1. The van der Waals surface area contributed by atoms with Crippen LogP contribution in [-0.4, -0.2) is 46.8 Å². The minimum absolute atomic E-state index is 0.119. The van der Waals surface area contributed by atoms with Gasteiger partial charge in [-0.1, -0.05) is 15.9 Å². The summed E-state index contributed by atoms with van der Waals surface area (Å²) < 4.78 is 8.26. The van der Waals surface area contributed by atoms with Crippen molar-refractivity contribution in [3.63, 3.8) is 0 Å². The highest BCUT2D eigenvalue weighted by molar-refractivity contribution is 9.10. The quantitative estimate of drug-likeness (QED) is 0.848. The van der Waals surface area contributed by atoms with E-state index < -0.39 is 0 Å². The Labute approximate surface area is 149 Å². The first-order valence-electron chi connectivity index (χ1n) is 8.01. The van der Waals surface area contributed by atoms with Crippen molar-refractivity contribution in [1.82, 2.24) is 20.0 Å². The minimum Gasteiger partial charge on any atom is -0.471 e. The Kier molecular flexibility index (Phi) is 5.52. The molecule has 7 heteroatoms. The molecule has 1 aliphatic heterocycles. The van der Waals surface area contributed by atoms with Gasteiger partial charge in [-0.05, 0) is 63.3 Å². The van der Waals surface area contributed by atoms with Crippen molar-refractivity contribution in [2.45, 2.75) is 25.6 Å². The summed E-state index contributed by atoms with van der Waals surface area (Å²) in [6, 6.07) is 9.54. The highest BCUT2D eigenvalue weighted by atomic mass is 79.9. The number of carbonyl (C=O) groups is 1. The smallest absolute Gasteiger partial charge is 0.271 e. The molecule has 1 N–H and O–H groups in total. The Bertz CT molecular complexity index is 678. The van der Waals surface area contributed by atoms with E-state index in [1.54, 1.807) is 16.9 Å². The zero-order valence-corrected chi connectivity index (χ0v) is 15.2. The molecule has 2 heterocycles. The molecule has 0 aliphatic carbocycles. The van der Waals surface area contributed by atoms with Crippen LogP contribution in [0.25, 0.3) is 0 Å². The first-order valence-corrected chi connectivity index (χ1v) is 8.81. The van der Waals surface area contributed by atoms with E-state index in [1.807, 2.05) is 24.3 Å². The van der Waals surface area contributed by atoms with Gasteiger partial charge in [0.15, 0.2) is 6.73 Å². The molecule has 0 radical (unpaired) electrons. The lowest BCUT2D eigenvalue weighted by Crippen LogP contribution is -2.43. The molecule has 0 atom stereocenters. The fourth-order valence-electron chi connectivity index (χ4n) is 2.64. The predicted molar refractivity (Wildman–Crippen MR) is 95.0 cm³/mol. The highest BCUT2D eigenvalue weighted by Crippen LogP contribution is 2.16. The third kappa shape index (κ3) is 4.58. The summed E-state index contributed by atoms with van der Waals surface area (Å²) in [5, 5.41) is 7.34. The summed E-state index contributed by atoms with van der Waals surface area (Å²) in [6.07, 6.45) is 3.72. The number of rotatable bonds is 5. The molecular weight excluding hydrogens is 372 g/mol. The van der Waals surface area contributed by atoms with Crippen LogP contribution in [0.5, 0.6) is 5.75 Å². The second kappa shape index (κ2) is 7.81. The topological polar surface area (TPSA) is 59.4 Å². The van der Waals surface area contributed by atoms with Crippen LogP contribution in [0.15, 0.2) is 41.0 Å². The zero-order chi connectivity index (χ0) is 16.9. The predicted octanol–water partition coefficient (Wildman–Crippen LogP) is 2.51. The third-order valence-electron chi connectivity index (χ3n) is 4.10. The average molecular weight is 393 g/mol. The van der Waals surface area contributed by atoms with Crippen molar-refractivity contribution >= 4 is 21.8 Å². The molecule has 0 bridgehead atoms. The summed E-state index contributed by atoms with van der Waals surface area (Å²) in [4.78, 5) is 14.5. The van der Waals surface area contributed by atoms with Gasteiger partial charge in [-0.3, -0.25) is 4.79 Å². The van der Waals surface area contributed by atoms with E-state index in [1.165, 1.54) is 0 Å². The normalized spacial score (nSPS) is 16.1. The number of piperidine rings is 1. The molecular formula is C17H21BrN4O2. The van der Waals surface area contributed by atoms with Crippen LogP contribution >= 0.6 is 15.9 Å². The van der Waals surface area contributed by atoms with Crippen molar-refractivity contribution in [3.8, 4) is 5.75 Å². The number of nitrogens with zero attached hydrogens (tertiary/aromatic N) is 3. The first kappa shape index (κ1) is 17.0. The molecule has 2 aromatic rings. The zero-order valence-electron chi connectivity index (χ0n) is 13.6. The van der Waals surface area contributed by atoms with E-state index in [4.69, 9.17) is 4.74 Å². The molecule has 0 unspecified atom stereocenters. The number of aromatic nitrogens is 2. The monoisotopic (exact) mass is 392 g/mol. The summed E-state index contributed by atoms with van der Waals surface area (Å²) in [5.41, 5.74) is 0.424. The molecule has 6 nitrogen and oxygen atoms in total. The molecule has 1 aromatic carbocycles. The van der Waals surface area contributed by atoms with E-state index in [-0.39, 0.29) is 18.7 Å². The Balaban J connectivity index is 1.51. The van der Waals surface area contributed by atoms with Gasteiger partial charge in [0, 0.05) is 16.7 Å². The number of hydrogen-bond donors (Lipinski definition) is 1. The number of halogens is 1. The second-order valence-corrected chi connectivity index (χ2v) is 6.93. The van der Waals surface area contributed by atoms with Crippen molar-refractivity contribution in [2.24, 2.45) is 0 Å². The summed E-state index contributed by atoms with van der Waals surface area (Å²) in [6.45, 7) is 2.30. The molecule has 3 rings (SSSR count). The van der Waals surface area contributed by atoms with Gasteiger partial charge in [0.25, 0.3) is 5.91 Å². The van der Waals surface area contributed by atoms with Crippen molar-refractivity contribution in [1.29, 1.82) is 0 Å². The van der Waals surface area contributed by atoms with Gasteiger partial charge in [0.05, 0.1) is 0 Å². The molecule has 24 heavy (non-hydrogen) atoms. The van der Waals surface area contributed by atoms with Crippen molar-refractivity contribution in [3.05, 3.63) is 46.7 Å². The lowest BCUT2D eigenvalue weighted by Gasteiger charge is -2.29. The fourth-order valence-corrected chi connectivity index (χ4v) is 2.90. The Hall–Kier alpha value is -1.86. The number of carbonyl (C=O) groups excluding carboxylic acids is 1. The lowest BCUT2D eigenvalue weighted by atomic mass is 10.1.